The maximum atomic E-state index is 3.82. The summed E-state index contributed by atoms with van der Waals surface area (Å²) in [7, 11) is 0. The van der Waals surface area contributed by atoms with Gasteiger partial charge in [0, 0.05) is 9.64 Å². The van der Waals surface area contributed by atoms with Gasteiger partial charge in [-0.05, 0) is 31.9 Å². The molecule has 0 fully saturated rings. The van der Waals surface area contributed by atoms with Crippen LogP contribution >= 0.6 is 11.8 Å². The third-order valence-corrected chi connectivity index (χ3v) is 3.89. The predicted octanol–water partition coefficient (Wildman–Crippen LogP) is 4.52. The number of hydrogen-bond acceptors (Lipinski definition) is 1. The van der Waals surface area contributed by atoms with Crippen molar-refractivity contribution < 1.29 is 0 Å². The highest BCUT2D eigenvalue weighted by molar-refractivity contribution is 8.00. The lowest BCUT2D eigenvalue weighted by molar-refractivity contribution is 0.630. The highest BCUT2D eigenvalue weighted by atomic mass is 32.2. The maximum Gasteiger partial charge on any atom is 0.0210 e. The molecule has 0 saturated carbocycles. The Hall–Kier alpha value is -0.690. The van der Waals surface area contributed by atoms with E-state index in [1.54, 1.807) is 0 Å². The molecule has 1 aromatic rings. The van der Waals surface area contributed by atoms with Crippen molar-refractivity contribution in [1.82, 2.24) is 0 Å². The second kappa shape index (κ2) is 5.26. The summed E-state index contributed by atoms with van der Waals surface area (Å²) in [4.78, 5) is 1.35. The molecule has 0 aliphatic carbocycles. The molecule has 0 bridgehead atoms. The summed E-state index contributed by atoms with van der Waals surface area (Å²) >= 11 is 1.94. The molecule has 0 spiro atoms. The Morgan fingerprint density at radius 1 is 1.36 bits per heavy atom. The minimum absolute atomic E-state index is 0.295. The molecule has 0 saturated heterocycles. The molecule has 0 nitrogen and oxygen atoms in total. The van der Waals surface area contributed by atoms with Gasteiger partial charge in [-0.3, -0.25) is 0 Å². The second-order valence-electron chi connectivity index (χ2n) is 3.71. The van der Waals surface area contributed by atoms with Crippen molar-refractivity contribution in [2.75, 3.05) is 0 Å². The molecule has 1 rings (SSSR count). The predicted molar refractivity (Wildman–Crippen MR) is 65.8 cm³/mol. The fourth-order valence-electron chi connectivity index (χ4n) is 1.34. The Bertz CT molecular complexity index is 279. The molecule has 1 atom stereocenters. The zero-order chi connectivity index (χ0) is 10.4. The Morgan fingerprint density at radius 3 is 2.50 bits per heavy atom. The van der Waals surface area contributed by atoms with Gasteiger partial charge in [0.25, 0.3) is 0 Å². The smallest absolute Gasteiger partial charge is 0.0210 e. The summed E-state index contributed by atoms with van der Waals surface area (Å²) in [5, 5.41) is 0. The molecular weight excluding hydrogens is 188 g/mol. The summed E-state index contributed by atoms with van der Waals surface area (Å²) in [5.41, 5.74) is 0. The standard InChI is InChI=1S/C13H18S/c1-4-11-13(3,5-2)14-12-9-7-6-8-10-12/h4,6-10H,1,5,11H2,2-3H3. The minimum atomic E-state index is 0.295. The highest BCUT2D eigenvalue weighted by Crippen LogP contribution is 2.37. The normalized spacial score (nSPS) is 14.7. The van der Waals surface area contributed by atoms with Crippen LogP contribution in [-0.4, -0.2) is 4.75 Å². The van der Waals surface area contributed by atoms with Crippen LogP contribution in [-0.2, 0) is 0 Å². The van der Waals surface area contributed by atoms with E-state index < -0.39 is 0 Å². The number of thioether (sulfide) groups is 1. The Kier molecular flexibility index (Phi) is 4.27. The van der Waals surface area contributed by atoms with Crippen LogP contribution in [0.2, 0.25) is 0 Å². The molecule has 1 unspecified atom stereocenters. The molecule has 14 heavy (non-hydrogen) atoms. The van der Waals surface area contributed by atoms with Crippen molar-refractivity contribution in [2.24, 2.45) is 0 Å². The van der Waals surface area contributed by atoms with Gasteiger partial charge in [0.05, 0.1) is 0 Å². The molecule has 1 heteroatoms. The van der Waals surface area contributed by atoms with Gasteiger partial charge in [0.15, 0.2) is 0 Å². The lowest BCUT2D eigenvalue weighted by Gasteiger charge is -2.26. The Labute approximate surface area is 91.4 Å². The third-order valence-electron chi connectivity index (χ3n) is 2.43. The van der Waals surface area contributed by atoms with Gasteiger partial charge in [-0.1, -0.05) is 31.2 Å². The van der Waals surface area contributed by atoms with Gasteiger partial charge in [-0.2, -0.15) is 0 Å². The lowest BCUT2D eigenvalue weighted by Crippen LogP contribution is -2.17. The van der Waals surface area contributed by atoms with Gasteiger partial charge in [0.2, 0.25) is 0 Å². The molecule has 76 valence electrons. The fourth-order valence-corrected chi connectivity index (χ4v) is 2.54. The summed E-state index contributed by atoms with van der Waals surface area (Å²) in [6.07, 6.45) is 4.24. The van der Waals surface area contributed by atoms with Crippen LogP contribution in [0.4, 0.5) is 0 Å². The molecule has 0 aliphatic rings. The molecule has 0 radical (unpaired) electrons. The van der Waals surface area contributed by atoms with Crippen LogP contribution in [0.25, 0.3) is 0 Å². The van der Waals surface area contributed by atoms with E-state index in [4.69, 9.17) is 0 Å². The Morgan fingerprint density at radius 2 is 2.00 bits per heavy atom. The number of rotatable bonds is 5. The van der Waals surface area contributed by atoms with Crippen molar-refractivity contribution in [3.63, 3.8) is 0 Å². The van der Waals surface area contributed by atoms with Crippen LogP contribution in [0.5, 0.6) is 0 Å². The van der Waals surface area contributed by atoms with Gasteiger partial charge < -0.3 is 0 Å². The molecular formula is C13H18S. The van der Waals surface area contributed by atoms with Gasteiger partial charge in [-0.25, -0.2) is 0 Å². The van der Waals surface area contributed by atoms with E-state index in [1.165, 1.54) is 11.3 Å². The van der Waals surface area contributed by atoms with Crippen molar-refractivity contribution in [3.05, 3.63) is 43.0 Å². The lowest BCUT2D eigenvalue weighted by atomic mass is 10.0. The van der Waals surface area contributed by atoms with Crippen LogP contribution in [0.1, 0.15) is 26.7 Å². The van der Waals surface area contributed by atoms with E-state index in [0.29, 0.717) is 4.75 Å². The van der Waals surface area contributed by atoms with E-state index in [1.807, 2.05) is 17.8 Å². The van der Waals surface area contributed by atoms with Crippen molar-refractivity contribution in [3.8, 4) is 0 Å². The monoisotopic (exact) mass is 206 g/mol. The average molecular weight is 206 g/mol. The summed E-state index contributed by atoms with van der Waals surface area (Å²) in [5.74, 6) is 0. The zero-order valence-electron chi connectivity index (χ0n) is 8.99. The molecule has 0 amide bonds. The first kappa shape index (κ1) is 11.4. The number of benzene rings is 1. The molecule has 1 aromatic carbocycles. The van der Waals surface area contributed by atoms with E-state index >= 15 is 0 Å². The van der Waals surface area contributed by atoms with E-state index in [9.17, 15) is 0 Å². The Balaban J connectivity index is 2.70. The summed E-state index contributed by atoms with van der Waals surface area (Å²) in [6, 6.07) is 10.6. The summed E-state index contributed by atoms with van der Waals surface area (Å²) < 4.78 is 0.295. The third kappa shape index (κ3) is 3.22. The van der Waals surface area contributed by atoms with Gasteiger partial charge >= 0.3 is 0 Å². The van der Waals surface area contributed by atoms with Crippen molar-refractivity contribution >= 4 is 11.8 Å². The second-order valence-corrected chi connectivity index (χ2v) is 5.37. The molecule has 0 aromatic heterocycles. The first-order chi connectivity index (χ1) is 6.70. The topological polar surface area (TPSA) is 0 Å². The zero-order valence-corrected chi connectivity index (χ0v) is 9.81. The van der Waals surface area contributed by atoms with E-state index in [0.717, 1.165) is 6.42 Å². The van der Waals surface area contributed by atoms with Crippen molar-refractivity contribution in [2.45, 2.75) is 36.3 Å². The number of hydrogen-bond donors (Lipinski definition) is 0. The molecule has 0 N–H and O–H groups in total. The maximum absolute atomic E-state index is 3.82. The van der Waals surface area contributed by atoms with E-state index in [2.05, 4.69) is 50.8 Å². The largest absolute Gasteiger partial charge is 0.119 e. The van der Waals surface area contributed by atoms with Crippen LogP contribution in [0.15, 0.2) is 47.9 Å². The van der Waals surface area contributed by atoms with Gasteiger partial charge in [-0.15, -0.1) is 18.3 Å². The first-order valence-electron chi connectivity index (χ1n) is 5.05. The SMILES string of the molecule is C=CCC(C)(CC)Sc1ccccc1. The van der Waals surface area contributed by atoms with Crippen LogP contribution in [0.3, 0.4) is 0 Å². The van der Waals surface area contributed by atoms with Crippen LogP contribution in [0, 0.1) is 0 Å². The fraction of sp³-hybridized carbons (Fsp3) is 0.385. The van der Waals surface area contributed by atoms with Crippen molar-refractivity contribution in [1.29, 1.82) is 0 Å². The highest BCUT2D eigenvalue weighted by Gasteiger charge is 2.21. The minimum Gasteiger partial charge on any atom is -0.119 e. The van der Waals surface area contributed by atoms with Gasteiger partial charge in [0.1, 0.15) is 0 Å². The average Bonchev–Trinajstić information content (AvgIpc) is 2.20. The van der Waals surface area contributed by atoms with E-state index in [-0.39, 0.29) is 0 Å². The summed E-state index contributed by atoms with van der Waals surface area (Å²) in [6.45, 7) is 8.36. The quantitative estimate of drug-likeness (QED) is 0.504. The van der Waals surface area contributed by atoms with Crippen LogP contribution < -0.4 is 0 Å². The first-order valence-corrected chi connectivity index (χ1v) is 5.87. The molecule has 0 aliphatic heterocycles. The number of allylic oxidation sites excluding steroid dienone is 1. The molecule has 0 heterocycles.